The van der Waals surface area contributed by atoms with Gasteiger partial charge in [0.1, 0.15) is 18.4 Å². The Kier molecular flexibility index (Phi) is 4.31. The molecule has 1 saturated carbocycles. The first kappa shape index (κ1) is 16.2. The summed E-state index contributed by atoms with van der Waals surface area (Å²) in [6, 6.07) is 5.22. The minimum atomic E-state index is -1.24. The van der Waals surface area contributed by atoms with Gasteiger partial charge in [0.15, 0.2) is 0 Å². The molecule has 6 nitrogen and oxygen atoms in total. The predicted octanol–water partition coefficient (Wildman–Crippen LogP) is 1.94. The Bertz CT molecular complexity index is 593. The van der Waals surface area contributed by atoms with Crippen LogP contribution in [0.2, 0.25) is 0 Å². The van der Waals surface area contributed by atoms with E-state index in [1.54, 1.807) is 0 Å². The van der Waals surface area contributed by atoms with E-state index < -0.39 is 18.1 Å². The zero-order valence-electron chi connectivity index (χ0n) is 13.8. The predicted molar refractivity (Wildman–Crippen MR) is 86.3 cm³/mol. The maximum absolute atomic E-state index is 12.3. The number of fused-ring (bicyclic) bond motifs is 1. The van der Waals surface area contributed by atoms with Crippen molar-refractivity contribution in [3.8, 4) is 5.75 Å². The molecule has 3 rings (SSSR count). The lowest BCUT2D eigenvalue weighted by Crippen LogP contribution is -2.50. The molecule has 3 N–H and O–H groups in total. The zero-order valence-corrected chi connectivity index (χ0v) is 13.8. The van der Waals surface area contributed by atoms with Crippen LogP contribution in [0.3, 0.4) is 0 Å². The van der Waals surface area contributed by atoms with E-state index >= 15 is 0 Å². The Morgan fingerprint density at radius 2 is 2.13 bits per heavy atom. The second-order valence-electron chi connectivity index (χ2n) is 7.13. The highest BCUT2D eigenvalue weighted by atomic mass is 16.6. The summed E-state index contributed by atoms with van der Waals surface area (Å²) in [4.78, 5) is 12.3. The Labute approximate surface area is 136 Å². The van der Waals surface area contributed by atoms with E-state index in [2.05, 4.69) is 10.6 Å². The first-order valence-corrected chi connectivity index (χ1v) is 8.01. The number of aliphatic hydroxyl groups is 1. The smallest absolute Gasteiger partial charge is 0.245 e. The number of benzene rings is 1. The van der Waals surface area contributed by atoms with Gasteiger partial charge in [-0.05, 0) is 57.2 Å². The molecular formula is C17H24N2O4. The lowest BCUT2D eigenvalue weighted by atomic mass is 10.1. The van der Waals surface area contributed by atoms with E-state index in [9.17, 15) is 9.90 Å². The van der Waals surface area contributed by atoms with Crippen LogP contribution in [-0.4, -0.2) is 35.7 Å². The molecule has 23 heavy (non-hydrogen) atoms. The van der Waals surface area contributed by atoms with Crippen LogP contribution in [-0.2, 0) is 9.53 Å². The number of nitrogens with one attached hydrogen (secondary N) is 2. The quantitative estimate of drug-likeness (QED) is 0.739. The maximum Gasteiger partial charge on any atom is 0.245 e. The number of hydrogen-bond acceptors (Lipinski definition) is 5. The number of ether oxygens (including phenoxy) is 2. The molecule has 0 bridgehead atoms. The molecule has 0 radical (unpaired) electrons. The van der Waals surface area contributed by atoms with Crippen LogP contribution < -0.4 is 15.4 Å². The second kappa shape index (κ2) is 6.11. The average Bonchev–Trinajstić information content (AvgIpc) is 3.26. The van der Waals surface area contributed by atoms with E-state index in [-0.39, 0.29) is 12.5 Å². The summed E-state index contributed by atoms with van der Waals surface area (Å²) >= 11 is 0. The van der Waals surface area contributed by atoms with Gasteiger partial charge in [-0.2, -0.15) is 0 Å². The molecule has 6 heteroatoms. The standard InChI is InChI=1S/C17H24N2O4/c1-17(2,3)23-16(21)19-13-9-22-14-8-11(10-4-5-10)6-7-12(14)18-15(13)20/h6-8,10,13,16,19,21H,4-5,9H2,1-3H3,(H,18,20). The largest absolute Gasteiger partial charge is 0.489 e. The molecule has 2 aliphatic rings. The number of carbonyl (C=O) groups excluding carboxylic acids is 1. The molecular weight excluding hydrogens is 296 g/mol. The minimum Gasteiger partial charge on any atom is -0.489 e. The summed E-state index contributed by atoms with van der Waals surface area (Å²) in [5, 5.41) is 15.5. The molecule has 1 aromatic rings. The molecule has 1 aliphatic carbocycles. The van der Waals surface area contributed by atoms with Crippen LogP contribution in [0.15, 0.2) is 18.2 Å². The molecule has 1 heterocycles. The SMILES string of the molecule is CC(C)(C)OC(O)NC1COc2cc(C3CC3)ccc2NC1=O. The van der Waals surface area contributed by atoms with Crippen molar-refractivity contribution in [1.29, 1.82) is 0 Å². The fourth-order valence-electron chi connectivity index (χ4n) is 2.57. The van der Waals surface area contributed by atoms with Crippen LogP contribution >= 0.6 is 0 Å². The summed E-state index contributed by atoms with van der Waals surface area (Å²) < 4.78 is 11.1. The van der Waals surface area contributed by atoms with E-state index in [0.717, 1.165) is 0 Å². The fraction of sp³-hybridized carbons (Fsp3) is 0.588. The van der Waals surface area contributed by atoms with Gasteiger partial charge in [-0.1, -0.05) is 6.07 Å². The molecule has 2 unspecified atom stereocenters. The number of aliphatic hydroxyl groups excluding tert-OH is 1. The molecule has 1 fully saturated rings. The van der Waals surface area contributed by atoms with Crippen molar-refractivity contribution in [3.05, 3.63) is 23.8 Å². The topological polar surface area (TPSA) is 79.8 Å². The van der Waals surface area contributed by atoms with Gasteiger partial charge < -0.3 is 19.9 Å². The number of rotatable bonds is 4. The van der Waals surface area contributed by atoms with Gasteiger partial charge in [-0.25, -0.2) is 0 Å². The van der Waals surface area contributed by atoms with Crippen LogP contribution in [0.5, 0.6) is 5.75 Å². The zero-order chi connectivity index (χ0) is 16.6. The maximum atomic E-state index is 12.3. The van der Waals surface area contributed by atoms with Crippen molar-refractivity contribution in [1.82, 2.24) is 5.32 Å². The van der Waals surface area contributed by atoms with Gasteiger partial charge in [0.2, 0.25) is 12.3 Å². The van der Waals surface area contributed by atoms with E-state index in [0.29, 0.717) is 17.4 Å². The van der Waals surface area contributed by atoms with Crippen LogP contribution in [0.25, 0.3) is 0 Å². The lowest BCUT2D eigenvalue weighted by Gasteiger charge is -2.26. The summed E-state index contributed by atoms with van der Waals surface area (Å²) in [6.07, 6.45) is 1.19. The Balaban J connectivity index is 1.66. The van der Waals surface area contributed by atoms with Crippen molar-refractivity contribution in [3.63, 3.8) is 0 Å². The first-order valence-electron chi connectivity index (χ1n) is 8.01. The Morgan fingerprint density at radius 3 is 2.78 bits per heavy atom. The normalized spacial score (nSPS) is 22.6. The van der Waals surface area contributed by atoms with Crippen molar-refractivity contribution >= 4 is 11.6 Å². The first-order chi connectivity index (χ1) is 10.8. The third-order valence-electron chi connectivity index (χ3n) is 3.84. The summed E-state index contributed by atoms with van der Waals surface area (Å²) in [6.45, 7) is 5.63. The molecule has 2 atom stereocenters. The number of amides is 1. The molecule has 1 aromatic carbocycles. The van der Waals surface area contributed by atoms with E-state index in [1.807, 2.05) is 39.0 Å². The average molecular weight is 320 g/mol. The molecule has 1 amide bonds. The van der Waals surface area contributed by atoms with Gasteiger partial charge in [-0.15, -0.1) is 0 Å². The van der Waals surface area contributed by atoms with Gasteiger partial charge in [0.05, 0.1) is 11.3 Å². The van der Waals surface area contributed by atoms with E-state index in [1.165, 1.54) is 18.4 Å². The Morgan fingerprint density at radius 1 is 1.39 bits per heavy atom. The van der Waals surface area contributed by atoms with Crippen LogP contribution in [0.1, 0.15) is 45.1 Å². The summed E-state index contributed by atoms with van der Waals surface area (Å²) in [5.41, 5.74) is 1.40. The van der Waals surface area contributed by atoms with Gasteiger partial charge >= 0.3 is 0 Å². The highest BCUT2D eigenvalue weighted by molar-refractivity contribution is 5.97. The summed E-state index contributed by atoms with van der Waals surface area (Å²) in [7, 11) is 0. The van der Waals surface area contributed by atoms with Crippen LogP contribution in [0.4, 0.5) is 5.69 Å². The van der Waals surface area contributed by atoms with Gasteiger partial charge in [0, 0.05) is 0 Å². The van der Waals surface area contributed by atoms with Crippen LogP contribution in [0, 0.1) is 0 Å². The monoisotopic (exact) mass is 320 g/mol. The summed E-state index contributed by atoms with van der Waals surface area (Å²) in [5.74, 6) is 1.05. The lowest BCUT2D eigenvalue weighted by molar-refractivity contribution is -0.187. The number of carbonyl (C=O) groups is 1. The third-order valence-corrected chi connectivity index (χ3v) is 3.84. The molecule has 0 saturated heterocycles. The van der Waals surface area contributed by atoms with Crippen molar-refractivity contribution < 1.29 is 19.4 Å². The highest BCUT2D eigenvalue weighted by Crippen LogP contribution is 2.42. The Hall–Kier alpha value is -1.63. The molecule has 126 valence electrons. The second-order valence-corrected chi connectivity index (χ2v) is 7.13. The third kappa shape index (κ3) is 4.22. The van der Waals surface area contributed by atoms with E-state index in [4.69, 9.17) is 9.47 Å². The van der Waals surface area contributed by atoms with Crippen molar-refractivity contribution in [2.24, 2.45) is 0 Å². The molecule has 0 aromatic heterocycles. The van der Waals surface area contributed by atoms with Crippen molar-refractivity contribution in [2.45, 2.75) is 57.6 Å². The molecule has 1 aliphatic heterocycles. The van der Waals surface area contributed by atoms with Gasteiger partial charge in [0.25, 0.3) is 0 Å². The minimum absolute atomic E-state index is 0.136. The number of hydrogen-bond donors (Lipinski definition) is 3. The van der Waals surface area contributed by atoms with Gasteiger partial charge in [-0.3, -0.25) is 10.1 Å². The fourth-order valence-corrected chi connectivity index (χ4v) is 2.57. The molecule has 0 spiro atoms. The van der Waals surface area contributed by atoms with Crippen molar-refractivity contribution in [2.75, 3.05) is 11.9 Å². The number of anilines is 1. The highest BCUT2D eigenvalue weighted by Gasteiger charge is 2.30.